The zero-order valence-corrected chi connectivity index (χ0v) is 45.4. The van der Waals surface area contributed by atoms with Crippen LogP contribution in [0, 0.1) is 71.0 Å². The Kier molecular flexibility index (Phi) is 14.6. The van der Waals surface area contributed by atoms with Crippen molar-refractivity contribution in [3.63, 3.8) is 0 Å². The van der Waals surface area contributed by atoms with Gasteiger partial charge in [-0.2, -0.15) is 0 Å². The van der Waals surface area contributed by atoms with Crippen molar-refractivity contribution in [1.29, 1.82) is 0 Å². The van der Waals surface area contributed by atoms with Gasteiger partial charge in [0.2, 0.25) is 17.4 Å². The number of aliphatic hydroxyl groups excluding tert-OH is 1. The van der Waals surface area contributed by atoms with E-state index in [4.69, 9.17) is 72.0 Å². The Bertz CT molecular complexity index is 1860. The summed E-state index contributed by atoms with van der Waals surface area (Å²) in [5, 5.41) is 10.4. The van der Waals surface area contributed by atoms with Crippen LogP contribution in [0.3, 0.4) is 0 Å². The van der Waals surface area contributed by atoms with Gasteiger partial charge in [-0.3, -0.25) is 9.80 Å². The second-order valence-electron chi connectivity index (χ2n) is 25.8. The van der Waals surface area contributed by atoms with E-state index in [0.29, 0.717) is 82.8 Å². The molecule has 12 saturated heterocycles. The molecule has 0 amide bonds. The van der Waals surface area contributed by atoms with Crippen molar-refractivity contribution < 1.29 is 77.1 Å². The highest BCUT2D eigenvalue weighted by molar-refractivity contribution is 5.12. The third kappa shape index (κ3) is 8.88. The van der Waals surface area contributed by atoms with Gasteiger partial charge in [-0.05, 0) is 114 Å². The second-order valence-corrected chi connectivity index (χ2v) is 25.8. The van der Waals surface area contributed by atoms with Gasteiger partial charge in [-0.1, -0.05) is 41.5 Å². The zero-order valence-electron chi connectivity index (χ0n) is 45.4. The van der Waals surface area contributed by atoms with Crippen molar-refractivity contribution in [2.24, 2.45) is 71.0 Å². The molecule has 24 atom stereocenters. The minimum atomic E-state index is -0.850. The topological polar surface area (TPSA) is 165 Å². The first-order valence-electron chi connectivity index (χ1n) is 29.0. The normalized spacial score (nSPS) is 53.6. The van der Waals surface area contributed by atoms with Crippen LogP contribution in [0.5, 0.6) is 0 Å². The van der Waals surface area contributed by atoms with Gasteiger partial charge >= 0.3 is 0 Å². The van der Waals surface area contributed by atoms with Crippen LogP contribution >= 0.6 is 0 Å². The van der Waals surface area contributed by atoms with Gasteiger partial charge < -0.3 is 47.7 Å². The number of ether oxygens (including phenoxy) is 9. The maximum Gasteiger partial charge on any atom is 0.201 e. The molecule has 0 aromatic carbocycles. The Labute approximate surface area is 433 Å². The van der Waals surface area contributed by atoms with Crippen molar-refractivity contribution in [1.82, 2.24) is 9.80 Å². The first-order valence-corrected chi connectivity index (χ1v) is 29.0. The monoisotopic (exact) mass is 1030 g/mol. The zero-order chi connectivity index (χ0) is 50.7. The molecule has 15 rings (SSSR count). The fraction of sp³-hybridized carbons (Fsp3) is 1.00. The first kappa shape index (κ1) is 53.0. The van der Waals surface area contributed by atoms with E-state index in [1.807, 2.05) is 20.8 Å². The average molecular weight is 1040 g/mol. The van der Waals surface area contributed by atoms with Crippen LogP contribution in [-0.4, -0.2) is 153 Å². The Morgan fingerprint density at radius 3 is 1.03 bits per heavy atom. The van der Waals surface area contributed by atoms with E-state index < -0.39 is 71.9 Å². The van der Waals surface area contributed by atoms with Gasteiger partial charge in [0.05, 0.1) is 26.4 Å². The molecule has 416 valence electrons. The summed E-state index contributed by atoms with van der Waals surface area (Å²) in [5.41, 5.74) is -1.92. The lowest BCUT2D eigenvalue weighted by atomic mass is 9.58. The molecule has 18 nitrogen and oxygen atoms in total. The summed E-state index contributed by atoms with van der Waals surface area (Å²) in [5.74, 6) is 0.564. The molecule has 12 heterocycles. The Hall–Kier alpha value is -0.720. The van der Waals surface area contributed by atoms with Gasteiger partial charge in [-0.25, -0.2) is 29.3 Å². The molecule has 3 saturated carbocycles. The minimum absolute atomic E-state index is 0.0328. The van der Waals surface area contributed by atoms with Crippen molar-refractivity contribution >= 4 is 0 Å². The Morgan fingerprint density at radius 1 is 0.397 bits per heavy atom. The Morgan fingerprint density at radius 2 is 0.712 bits per heavy atom. The fourth-order valence-corrected chi connectivity index (χ4v) is 17.2. The Balaban J connectivity index is 0.707. The molecular weight excluding hydrogens is 945 g/mol. The molecule has 12 aliphatic heterocycles. The van der Waals surface area contributed by atoms with Crippen LogP contribution in [0.15, 0.2) is 0 Å². The predicted molar refractivity (Wildman–Crippen MR) is 258 cm³/mol. The predicted octanol–water partition coefficient (Wildman–Crippen LogP) is 7.26. The quantitative estimate of drug-likeness (QED) is 0.145. The van der Waals surface area contributed by atoms with Crippen molar-refractivity contribution in [3.05, 3.63) is 0 Å². The molecule has 0 aromatic heterocycles. The molecular formula is C55H90N2O16. The number of aliphatic hydroxyl groups is 1. The van der Waals surface area contributed by atoms with E-state index >= 15 is 0 Å². The third-order valence-corrected chi connectivity index (χ3v) is 21.5. The molecule has 3 aliphatic carbocycles. The van der Waals surface area contributed by atoms with Gasteiger partial charge in [0.25, 0.3) is 0 Å². The summed E-state index contributed by atoms with van der Waals surface area (Å²) in [6, 6.07) is 0. The van der Waals surface area contributed by atoms with Crippen molar-refractivity contribution in [3.8, 4) is 0 Å². The van der Waals surface area contributed by atoms with Crippen LogP contribution in [0.4, 0.5) is 0 Å². The number of fused-ring (bicyclic) bond motifs is 6. The number of nitrogens with zero attached hydrogens (tertiary/aromatic N) is 2. The smallest absolute Gasteiger partial charge is 0.201 e. The molecule has 1 N–H and O–H groups in total. The molecule has 6 unspecified atom stereocenters. The molecule has 15 fully saturated rings. The molecule has 0 aromatic rings. The summed E-state index contributed by atoms with van der Waals surface area (Å²) in [6.45, 7) is 24.8. The van der Waals surface area contributed by atoms with Gasteiger partial charge in [0.15, 0.2) is 54.5 Å². The van der Waals surface area contributed by atoms with E-state index in [9.17, 15) is 5.11 Å². The number of hydrogen-bond acceptors (Lipinski definition) is 18. The standard InChI is InChI=1S/C55H90N2O16/c1-32-10-13-41-35(4)44(62-47-53(41)38(32)16-19-50(7,65-47)68-71-53)59-29-25-56(24-28-58)22-23-57(26-30-60-45-36(5)42-14-11-33(2)39-17-20-51(8)66-48(63-45)54(39,42)72-69-51)27-31-61-46-37(6)43-15-12-34(3)40-18-21-52(9)67-49(64-46)55(40,43)73-70-52/h32-49,58H,10-31H2,1-9H3/t32-,33-,34-,35-,36-,37-,38+,39+,40+,41+,42+,43+,44?,45?,46?,47-,48-,49-,50?,51?,52?,53-,54-,55-/m1/s1. The molecule has 15 aliphatic rings. The molecule has 73 heavy (non-hydrogen) atoms. The van der Waals surface area contributed by atoms with Crippen LogP contribution in [-0.2, 0) is 72.0 Å². The van der Waals surface area contributed by atoms with Crippen LogP contribution in [0.2, 0.25) is 0 Å². The van der Waals surface area contributed by atoms with E-state index in [-0.39, 0.29) is 54.0 Å². The molecule has 6 bridgehead atoms. The van der Waals surface area contributed by atoms with Gasteiger partial charge in [0.1, 0.15) is 0 Å². The van der Waals surface area contributed by atoms with Crippen LogP contribution in [0.1, 0.15) is 139 Å². The molecule has 18 heteroatoms. The van der Waals surface area contributed by atoms with E-state index in [1.165, 1.54) is 0 Å². The number of hydrogen-bond donors (Lipinski definition) is 1. The lowest BCUT2D eigenvalue weighted by Crippen LogP contribution is -2.70. The van der Waals surface area contributed by atoms with E-state index in [1.54, 1.807) is 0 Å². The van der Waals surface area contributed by atoms with Crippen LogP contribution in [0.25, 0.3) is 0 Å². The molecule has 3 spiro atoms. The van der Waals surface area contributed by atoms with E-state index in [2.05, 4.69) is 51.3 Å². The van der Waals surface area contributed by atoms with Crippen molar-refractivity contribution in [2.75, 3.05) is 65.7 Å². The fourth-order valence-electron chi connectivity index (χ4n) is 17.2. The summed E-state index contributed by atoms with van der Waals surface area (Å²) in [6.07, 6.45) is 8.63. The largest absolute Gasteiger partial charge is 0.395 e. The summed E-state index contributed by atoms with van der Waals surface area (Å²) < 4.78 is 60.5. The lowest BCUT2D eigenvalue weighted by molar-refractivity contribution is -0.577. The van der Waals surface area contributed by atoms with E-state index in [0.717, 1.165) is 77.0 Å². The highest BCUT2D eigenvalue weighted by Gasteiger charge is 2.72. The highest BCUT2D eigenvalue weighted by atomic mass is 17.3. The maximum atomic E-state index is 10.4. The first-order chi connectivity index (χ1) is 35.0. The second kappa shape index (κ2) is 20.1. The minimum Gasteiger partial charge on any atom is -0.395 e. The van der Waals surface area contributed by atoms with Crippen molar-refractivity contribution in [2.45, 2.75) is 211 Å². The highest BCUT2D eigenvalue weighted by Crippen LogP contribution is 2.64. The summed E-state index contributed by atoms with van der Waals surface area (Å²) in [4.78, 5) is 42.1. The molecule has 0 radical (unpaired) electrons. The van der Waals surface area contributed by atoms with Gasteiger partial charge in [-0.15, -0.1) is 0 Å². The third-order valence-electron chi connectivity index (χ3n) is 21.5. The number of rotatable bonds is 17. The van der Waals surface area contributed by atoms with Gasteiger partial charge in [0, 0.05) is 94.0 Å². The summed E-state index contributed by atoms with van der Waals surface area (Å²) >= 11 is 0. The summed E-state index contributed by atoms with van der Waals surface area (Å²) in [7, 11) is 0. The van der Waals surface area contributed by atoms with Crippen LogP contribution < -0.4 is 0 Å². The SMILES string of the molecule is C[C@@H]1CC[C@H]2[C@@H](C)C(OCCN(CCO)CCN(CCOC3O[C@@H]4OC5(C)CC[C@H]6[C@H](C)CC[C@@H]([C@H]3C)[C@@]46OO5)CCOC3O[C@@H]4OC5(C)CC[C@H]6[C@H](C)CC[C@@H]([C@H]3C)[C@@]46OO5)O[C@@H]3OC4(C)CC[C@@H]1[C@]32OO4. The lowest BCUT2D eigenvalue weighted by Gasteiger charge is -2.60. The average Bonchev–Trinajstić information content (AvgIpc) is 3.85. The maximum absolute atomic E-state index is 10.4.